The molecule has 1 heteroatoms. The molecule has 2 aromatic rings. The molecule has 0 spiro atoms. The van der Waals surface area contributed by atoms with Crippen LogP contribution in [0.3, 0.4) is 0 Å². The summed E-state index contributed by atoms with van der Waals surface area (Å²) >= 11 is 5.91. The molecule has 0 aromatic heterocycles. The van der Waals surface area contributed by atoms with Gasteiger partial charge in [0, 0.05) is 5.88 Å². The zero-order chi connectivity index (χ0) is 17.2. The van der Waals surface area contributed by atoms with E-state index in [1.165, 1.54) is 55.2 Å². The van der Waals surface area contributed by atoms with Crippen LogP contribution in [0.25, 0.3) is 0 Å². The first-order valence-corrected chi connectivity index (χ1v) is 10.0. The fraction of sp³-hybridized carbons (Fsp3) is 0.478. The number of alkyl halides is 1. The van der Waals surface area contributed by atoms with Crippen molar-refractivity contribution >= 4 is 11.6 Å². The smallest absolute Gasteiger partial charge is 0.0474 e. The van der Waals surface area contributed by atoms with Crippen molar-refractivity contribution in [3.8, 4) is 0 Å². The maximum Gasteiger partial charge on any atom is 0.0474 e. The highest BCUT2D eigenvalue weighted by Gasteiger charge is 2.13. The monoisotopic (exact) mass is 342 g/mol. The van der Waals surface area contributed by atoms with Gasteiger partial charge in [0.15, 0.2) is 0 Å². The van der Waals surface area contributed by atoms with Crippen LogP contribution in [0, 0.1) is 0 Å². The highest BCUT2D eigenvalue weighted by Crippen LogP contribution is 2.31. The fourth-order valence-electron chi connectivity index (χ4n) is 3.65. The Morgan fingerprint density at radius 2 is 1.38 bits per heavy atom. The van der Waals surface area contributed by atoms with E-state index in [0.717, 1.165) is 0 Å². The van der Waals surface area contributed by atoms with E-state index in [9.17, 15) is 0 Å². The molecule has 130 valence electrons. The number of rotatable bonds is 10. The largest absolute Gasteiger partial charge is 0.122 e. The molecule has 0 saturated carbocycles. The maximum absolute atomic E-state index is 5.91. The second-order valence-corrected chi connectivity index (χ2v) is 7.07. The molecule has 0 nitrogen and oxygen atoms in total. The minimum absolute atomic E-state index is 0.605. The van der Waals surface area contributed by atoms with Crippen LogP contribution in [0.4, 0.5) is 0 Å². The van der Waals surface area contributed by atoms with Gasteiger partial charge in [0.2, 0.25) is 0 Å². The topological polar surface area (TPSA) is 0 Å². The first-order valence-electron chi connectivity index (χ1n) is 9.48. The lowest BCUT2D eigenvalue weighted by atomic mass is 9.85. The average Bonchev–Trinajstić information content (AvgIpc) is 2.65. The molecule has 0 bridgehead atoms. The van der Waals surface area contributed by atoms with Gasteiger partial charge < -0.3 is 0 Å². The quantitative estimate of drug-likeness (QED) is 0.388. The Balaban J connectivity index is 1.92. The van der Waals surface area contributed by atoms with Gasteiger partial charge >= 0.3 is 0 Å². The Morgan fingerprint density at radius 1 is 0.750 bits per heavy atom. The van der Waals surface area contributed by atoms with Crippen LogP contribution >= 0.6 is 11.6 Å². The summed E-state index contributed by atoms with van der Waals surface area (Å²) in [7, 11) is 0. The Morgan fingerprint density at radius 3 is 1.96 bits per heavy atom. The Bertz CT molecular complexity index is 558. The molecule has 0 amide bonds. The lowest BCUT2D eigenvalue weighted by Gasteiger charge is -2.20. The summed E-state index contributed by atoms with van der Waals surface area (Å²) in [6, 6.07) is 19.9. The molecule has 2 rings (SSSR count). The summed E-state index contributed by atoms with van der Waals surface area (Å²) < 4.78 is 0. The van der Waals surface area contributed by atoms with E-state index in [-0.39, 0.29) is 0 Å². The van der Waals surface area contributed by atoms with Crippen LogP contribution in [-0.2, 0) is 5.88 Å². The molecule has 0 radical (unpaired) electrons. The van der Waals surface area contributed by atoms with E-state index in [1.54, 1.807) is 0 Å². The molecule has 0 aliphatic carbocycles. The molecule has 2 aromatic carbocycles. The normalized spacial score (nSPS) is 13.6. The summed E-state index contributed by atoms with van der Waals surface area (Å²) in [5, 5.41) is 0. The van der Waals surface area contributed by atoms with Gasteiger partial charge in [-0.3, -0.25) is 0 Å². The highest BCUT2D eigenvalue weighted by molar-refractivity contribution is 6.17. The molecular formula is C23H31Cl. The standard InChI is InChI=1S/C23H31Cl/c1-3-9-21(23-16-14-19(18-24)15-17-23)13-8-12-20(4-2)22-10-6-5-7-11-22/h5-7,10-11,14-17,20-21H,3-4,8-9,12-13,18H2,1-2H3. The molecule has 2 atom stereocenters. The summed E-state index contributed by atoms with van der Waals surface area (Å²) in [6.45, 7) is 4.60. The van der Waals surface area contributed by atoms with Crippen LogP contribution in [0.1, 0.15) is 80.9 Å². The molecule has 0 saturated heterocycles. The van der Waals surface area contributed by atoms with E-state index in [2.05, 4.69) is 68.4 Å². The van der Waals surface area contributed by atoms with Gasteiger partial charge in [-0.1, -0.05) is 81.3 Å². The number of benzene rings is 2. The average molecular weight is 343 g/mol. The fourth-order valence-corrected chi connectivity index (χ4v) is 3.83. The maximum atomic E-state index is 5.91. The first kappa shape index (κ1) is 19.1. The van der Waals surface area contributed by atoms with E-state index < -0.39 is 0 Å². The lowest BCUT2D eigenvalue weighted by molar-refractivity contribution is 0.494. The highest BCUT2D eigenvalue weighted by atomic mass is 35.5. The van der Waals surface area contributed by atoms with Crippen LogP contribution in [0.2, 0.25) is 0 Å². The second-order valence-electron chi connectivity index (χ2n) is 6.81. The van der Waals surface area contributed by atoms with Gasteiger partial charge in [0.05, 0.1) is 0 Å². The molecule has 0 aliphatic heterocycles. The van der Waals surface area contributed by atoms with Crippen LogP contribution in [-0.4, -0.2) is 0 Å². The van der Waals surface area contributed by atoms with Crippen molar-refractivity contribution in [1.82, 2.24) is 0 Å². The first-order chi connectivity index (χ1) is 11.8. The zero-order valence-electron chi connectivity index (χ0n) is 15.2. The third-order valence-electron chi connectivity index (χ3n) is 5.11. The Hall–Kier alpha value is -1.27. The van der Waals surface area contributed by atoms with Crippen LogP contribution < -0.4 is 0 Å². The summed E-state index contributed by atoms with van der Waals surface area (Å²) in [4.78, 5) is 0. The summed E-state index contributed by atoms with van der Waals surface area (Å²) in [5.74, 6) is 1.99. The number of hydrogen-bond acceptors (Lipinski definition) is 0. The molecule has 0 fully saturated rings. The minimum atomic E-state index is 0.605. The van der Waals surface area contributed by atoms with Gasteiger partial charge in [0.1, 0.15) is 0 Å². The van der Waals surface area contributed by atoms with E-state index in [4.69, 9.17) is 11.6 Å². The molecule has 0 heterocycles. The van der Waals surface area contributed by atoms with Gasteiger partial charge in [-0.05, 0) is 54.2 Å². The van der Waals surface area contributed by atoms with Gasteiger partial charge in [-0.2, -0.15) is 0 Å². The molecule has 0 aliphatic rings. The summed E-state index contributed by atoms with van der Waals surface area (Å²) in [5.41, 5.74) is 4.20. The number of halogens is 1. The van der Waals surface area contributed by atoms with E-state index in [0.29, 0.717) is 17.7 Å². The number of hydrogen-bond donors (Lipinski definition) is 0. The van der Waals surface area contributed by atoms with Crippen LogP contribution in [0.5, 0.6) is 0 Å². The zero-order valence-corrected chi connectivity index (χ0v) is 15.9. The van der Waals surface area contributed by atoms with E-state index >= 15 is 0 Å². The predicted octanol–water partition coefficient (Wildman–Crippen LogP) is 7.67. The van der Waals surface area contributed by atoms with Gasteiger partial charge in [-0.25, -0.2) is 0 Å². The summed E-state index contributed by atoms with van der Waals surface area (Å²) in [6.07, 6.45) is 7.64. The van der Waals surface area contributed by atoms with Gasteiger partial charge in [0.25, 0.3) is 0 Å². The van der Waals surface area contributed by atoms with Crippen molar-refractivity contribution in [2.24, 2.45) is 0 Å². The van der Waals surface area contributed by atoms with Crippen molar-refractivity contribution < 1.29 is 0 Å². The van der Waals surface area contributed by atoms with Crippen molar-refractivity contribution in [2.75, 3.05) is 0 Å². The third-order valence-corrected chi connectivity index (χ3v) is 5.42. The minimum Gasteiger partial charge on any atom is -0.122 e. The van der Waals surface area contributed by atoms with Crippen molar-refractivity contribution in [3.63, 3.8) is 0 Å². The second kappa shape index (κ2) is 10.6. The third kappa shape index (κ3) is 5.67. The lowest BCUT2D eigenvalue weighted by Crippen LogP contribution is -2.02. The van der Waals surface area contributed by atoms with Crippen molar-refractivity contribution in [3.05, 3.63) is 71.3 Å². The van der Waals surface area contributed by atoms with Crippen molar-refractivity contribution in [1.29, 1.82) is 0 Å². The van der Waals surface area contributed by atoms with Gasteiger partial charge in [-0.15, -0.1) is 11.6 Å². The molecule has 2 unspecified atom stereocenters. The predicted molar refractivity (Wildman–Crippen MR) is 107 cm³/mol. The Labute approximate surface area is 153 Å². The van der Waals surface area contributed by atoms with Crippen molar-refractivity contribution in [2.45, 2.75) is 70.1 Å². The SMILES string of the molecule is CCCC(CCCC(CC)c1ccccc1)c1ccc(CCl)cc1. The molecular weight excluding hydrogens is 312 g/mol. The molecule has 24 heavy (non-hydrogen) atoms. The van der Waals surface area contributed by atoms with Crippen LogP contribution in [0.15, 0.2) is 54.6 Å². The Kier molecular flexibility index (Phi) is 8.39. The van der Waals surface area contributed by atoms with E-state index in [1.807, 2.05) is 0 Å². The molecule has 0 N–H and O–H groups in total.